The highest BCUT2D eigenvalue weighted by Gasteiger charge is 2.68. The minimum atomic E-state index is -1.09. The van der Waals surface area contributed by atoms with Crippen LogP contribution in [0.3, 0.4) is 0 Å². The summed E-state index contributed by atoms with van der Waals surface area (Å²) in [6, 6.07) is -1.04. The fourth-order valence-electron chi connectivity index (χ4n) is 4.95. The number of hydrogen-bond donors (Lipinski definition) is 1. The topological polar surface area (TPSA) is 74.7 Å². The van der Waals surface area contributed by atoms with E-state index in [1.165, 1.54) is 0 Å². The predicted octanol–water partition coefficient (Wildman–Crippen LogP) is 1.15. The number of carbonyl (C=O) groups is 3. The van der Waals surface area contributed by atoms with Crippen molar-refractivity contribution >= 4 is 17.8 Å². The second kappa shape index (κ2) is 3.96. The first kappa shape index (κ1) is 13.0. The van der Waals surface area contributed by atoms with Crippen LogP contribution in [0, 0.1) is 41.4 Å². The Morgan fingerprint density at radius 3 is 2.00 bits per heavy atom. The number of amides is 2. The van der Waals surface area contributed by atoms with E-state index in [4.69, 9.17) is 0 Å². The predicted molar refractivity (Wildman–Crippen MR) is 72.8 cm³/mol. The van der Waals surface area contributed by atoms with Gasteiger partial charge in [0.1, 0.15) is 6.04 Å². The van der Waals surface area contributed by atoms with Crippen LogP contribution in [0.25, 0.3) is 0 Å². The molecular weight excluding hydrogens is 270 g/mol. The molecule has 3 fully saturated rings. The highest BCUT2D eigenvalue weighted by Crippen LogP contribution is 2.65. The molecule has 2 saturated carbocycles. The number of hydrogen-bond acceptors (Lipinski definition) is 3. The Bertz CT molecular complexity index is 545. The largest absolute Gasteiger partial charge is 0.480 e. The summed E-state index contributed by atoms with van der Waals surface area (Å²) in [6.07, 6.45) is 5.31. The smallest absolute Gasteiger partial charge is 0.327 e. The molecule has 21 heavy (non-hydrogen) atoms. The molecule has 4 aliphatic carbocycles. The normalized spacial score (nSPS) is 44.0. The monoisotopic (exact) mass is 289 g/mol. The molecule has 5 nitrogen and oxygen atoms in total. The Labute approximate surface area is 123 Å². The van der Waals surface area contributed by atoms with Crippen LogP contribution in [-0.2, 0) is 14.4 Å². The molecule has 1 N–H and O–H groups in total. The summed E-state index contributed by atoms with van der Waals surface area (Å²) in [5.74, 6) is -1.12. The number of nitrogens with zero attached hydrogens (tertiary/aromatic N) is 1. The van der Waals surface area contributed by atoms with Gasteiger partial charge in [-0.1, -0.05) is 26.0 Å². The van der Waals surface area contributed by atoms with Crippen molar-refractivity contribution < 1.29 is 19.5 Å². The maximum atomic E-state index is 12.8. The third-order valence-corrected chi connectivity index (χ3v) is 5.86. The quantitative estimate of drug-likeness (QED) is 0.624. The van der Waals surface area contributed by atoms with E-state index in [2.05, 4.69) is 12.2 Å². The van der Waals surface area contributed by atoms with Crippen LogP contribution in [0.4, 0.5) is 0 Å². The van der Waals surface area contributed by atoms with Crippen LogP contribution in [-0.4, -0.2) is 33.8 Å². The van der Waals surface area contributed by atoms with E-state index in [-0.39, 0.29) is 41.4 Å². The first-order valence-electron chi connectivity index (χ1n) is 7.71. The second-order valence-electron chi connectivity index (χ2n) is 7.23. The van der Waals surface area contributed by atoms with Crippen LogP contribution in [0.15, 0.2) is 12.2 Å². The van der Waals surface area contributed by atoms with Crippen molar-refractivity contribution in [3.8, 4) is 0 Å². The lowest BCUT2D eigenvalue weighted by atomic mass is 9.63. The highest BCUT2D eigenvalue weighted by atomic mass is 16.4. The average molecular weight is 289 g/mol. The van der Waals surface area contributed by atoms with Crippen LogP contribution in [0.5, 0.6) is 0 Å². The minimum absolute atomic E-state index is 0.146. The lowest BCUT2D eigenvalue weighted by Crippen LogP contribution is -2.48. The van der Waals surface area contributed by atoms with Crippen LogP contribution >= 0.6 is 0 Å². The van der Waals surface area contributed by atoms with E-state index in [0.29, 0.717) is 11.8 Å². The van der Waals surface area contributed by atoms with Gasteiger partial charge in [0, 0.05) is 0 Å². The van der Waals surface area contributed by atoms with E-state index < -0.39 is 12.0 Å². The summed E-state index contributed by atoms with van der Waals surface area (Å²) in [7, 11) is 0. The summed E-state index contributed by atoms with van der Waals surface area (Å²) in [4.78, 5) is 38.1. The average Bonchev–Trinajstić information content (AvgIpc) is 3.19. The molecule has 0 aromatic rings. The Morgan fingerprint density at radius 2 is 1.62 bits per heavy atom. The first-order valence-corrected chi connectivity index (χ1v) is 7.71. The third-order valence-electron chi connectivity index (χ3n) is 5.86. The Morgan fingerprint density at radius 1 is 1.14 bits per heavy atom. The summed E-state index contributed by atoms with van der Waals surface area (Å²) < 4.78 is 0. The van der Waals surface area contributed by atoms with Gasteiger partial charge in [-0.15, -0.1) is 0 Å². The molecule has 5 rings (SSSR count). The molecule has 7 atom stereocenters. The Hall–Kier alpha value is -1.65. The Kier molecular flexibility index (Phi) is 2.46. The molecule has 0 aromatic carbocycles. The van der Waals surface area contributed by atoms with Gasteiger partial charge in [-0.05, 0) is 36.0 Å². The molecule has 1 saturated heterocycles. The maximum absolute atomic E-state index is 12.8. The van der Waals surface area contributed by atoms with Crippen LogP contribution in [0.2, 0.25) is 0 Å². The highest BCUT2D eigenvalue weighted by molar-refractivity contribution is 6.08. The van der Waals surface area contributed by atoms with E-state index >= 15 is 0 Å². The zero-order chi connectivity index (χ0) is 15.0. The molecule has 1 heterocycles. The second-order valence-corrected chi connectivity index (χ2v) is 7.23. The van der Waals surface area contributed by atoms with Gasteiger partial charge in [-0.3, -0.25) is 14.5 Å². The summed E-state index contributed by atoms with van der Waals surface area (Å²) >= 11 is 0. The zero-order valence-corrected chi connectivity index (χ0v) is 12.1. The number of imide groups is 1. The van der Waals surface area contributed by atoms with Gasteiger partial charge in [0.25, 0.3) is 0 Å². The SMILES string of the molecule is CC(C)C(C(=O)O)N1C(=O)C2C(C1=O)[C@H]1C=C[C@@H]2C2CC21. The van der Waals surface area contributed by atoms with Gasteiger partial charge >= 0.3 is 5.97 Å². The van der Waals surface area contributed by atoms with Gasteiger partial charge in [-0.2, -0.15) is 0 Å². The van der Waals surface area contributed by atoms with Crippen molar-refractivity contribution in [1.29, 1.82) is 0 Å². The minimum Gasteiger partial charge on any atom is -0.480 e. The molecule has 1 aliphatic heterocycles. The molecule has 5 heteroatoms. The maximum Gasteiger partial charge on any atom is 0.327 e. The van der Waals surface area contributed by atoms with E-state index in [9.17, 15) is 19.5 Å². The van der Waals surface area contributed by atoms with Crippen LogP contribution < -0.4 is 0 Å². The van der Waals surface area contributed by atoms with Crippen molar-refractivity contribution in [3.05, 3.63) is 12.2 Å². The molecule has 112 valence electrons. The van der Waals surface area contributed by atoms with E-state index in [1.807, 2.05) is 0 Å². The molecule has 5 aliphatic rings. The molecule has 5 unspecified atom stereocenters. The Balaban J connectivity index is 1.73. The number of carboxylic acids is 1. The standard InChI is InChI=1S/C16H19NO4/c1-6(2)13(16(20)21)17-14(18)11-7-3-4-8(10-5-9(7)10)12(11)15(17)19/h3-4,6-13H,5H2,1-2H3,(H,20,21)/t7-,8+,9?,10?,11?,12?,13?. The number of allylic oxidation sites excluding steroid dienone is 2. The number of carboxylic acid groups (broad SMARTS) is 1. The van der Waals surface area contributed by atoms with Crippen LogP contribution in [0.1, 0.15) is 20.3 Å². The fraction of sp³-hybridized carbons (Fsp3) is 0.688. The van der Waals surface area contributed by atoms with Crippen molar-refractivity contribution in [1.82, 2.24) is 4.90 Å². The number of likely N-dealkylation sites (tertiary alicyclic amines) is 1. The third kappa shape index (κ3) is 1.49. The summed E-state index contributed by atoms with van der Waals surface area (Å²) in [5.41, 5.74) is 0. The summed E-state index contributed by atoms with van der Waals surface area (Å²) in [5, 5.41) is 9.42. The zero-order valence-electron chi connectivity index (χ0n) is 12.1. The van der Waals surface area contributed by atoms with Crippen molar-refractivity contribution in [2.24, 2.45) is 41.4 Å². The van der Waals surface area contributed by atoms with Gasteiger partial charge in [-0.25, -0.2) is 4.79 Å². The van der Waals surface area contributed by atoms with E-state index in [0.717, 1.165) is 11.3 Å². The summed E-state index contributed by atoms with van der Waals surface area (Å²) in [6.45, 7) is 3.48. The van der Waals surface area contributed by atoms with Crippen molar-refractivity contribution in [3.63, 3.8) is 0 Å². The van der Waals surface area contributed by atoms with Gasteiger partial charge in [0.2, 0.25) is 11.8 Å². The number of rotatable bonds is 3. The lowest BCUT2D eigenvalue weighted by molar-refractivity contribution is -0.157. The van der Waals surface area contributed by atoms with Crippen molar-refractivity contribution in [2.75, 3.05) is 0 Å². The number of aliphatic carboxylic acids is 1. The molecular formula is C16H19NO4. The van der Waals surface area contributed by atoms with E-state index in [1.54, 1.807) is 13.8 Å². The first-order chi connectivity index (χ1) is 9.93. The molecule has 2 amide bonds. The van der Waals surface area contributed by atoms with Crippen molar-refractivity contribution in [2.45, 2.75) is 26.3 Å². The molecule has 0 radical (unpaired) electrons. The fourth-order valence-corrected chi connectivity index (χ4v) is 4.95. The number of carbonyl (C=O) groups excluding carboxylic acids is 2. The molecule has 0 aromatic heterocycles. The van der Waals surface area contributed by atoms with Gasteiger partial charge in [0.05, 0.1) is 11.8 Å². The lowest BCUT2D eigenvalue weighted by Gasteiger charge is -2.37. The van der Waals surface area contributed by atoms with Gasteiger partial charge in [0.15, 0.2) is 0 Å². The van der Waals surface area contributed by atoms with Gasteiger partial charge < -0.3 is 5.11 Å². The molecule has 0 spiro atoms. The molecule has 2 bridgehead atoms.